The van der Waals surface area contributed by atoms with Crippen LogP contribution in [0.1, 0.15) is 17.7 Å². The summed E-state index contributed by atoms with van der Waals surface area (Å²) in [7, 11) is 0. The molecule has 6 heteroatoms. The maximum absolute atomic E-state index is 11.3. The molecule has 0 unspecified atom stereocenters. The van der Waals surface area contributed by atoms with Crippen LogP contribution in [0.15, 0.2) is 30.5 Å². The van der Waals surface area contributed by atoms with Crippen LogP contribution in [-0.4, -0.2) is 16.1 Å². The van der Waals surface area contributed by atoms with Crippen LogP contribution in [0.2, 0.25) is 0 Å². The fraction of sp³-hybridized carbons (Fsp3) is 0.214. The normalized spacial score (nSPS) is 13.5. The van der Waals surface area contributed by atoms with Crippen molar-refractivity contribution in [2.24, 2.45) is 0 Å². The lowest BCUT2D eigenvalue weighted by Gasteiger charge is -2.19. The first kappa shape index (κ1) is 12.4. The van der Waals surface area contributed by atoms with Crippen molar-refractivity contribution in [3.8, 4) is 0 Å². The largest absolute Gasteiger partial charge is 0.397 e. The van der Waals surface area contributed by atoms with Crippen molar-refractivity contribution in [1.29, 1.82) is 0 Å². The van der Waals surface area contributed by atoms with E-state index in [9.17, 15) is 4.79 Å². The van der Waals surface area contributed by atoms with E-state index in [1.165, 1.54) is 0 Å². The van der Waals surface area contributed by atoms with Gasteiger partial charge in [-0.25, -0.2) is 0 Å². The van der Waals surface area contributed by atoms with Crippen LogP contribution in [0, 0.1) is 0 Å². The highest BCUT2D eigenvalue weighted by Gasteiger charge is 2.16. The Morgan fingerprint density at radius 2 is 2.25 bits per heavy atom. The Morgan fingerprint density at radius 1 is 1.35 bits per heavy atom. The highest BCUT2D eigenvalue weighted by molar-refractivity contribution is 5.95. The smallest absolute Gasteiger partial charge is 0.224 e. The summed E-state index contributed by atoms with van der Waals surface area (Å²) in [5, 5.41) is 13.9. The first-order valence-electron chi connectivity index (χ1n) is 6.45. The molecule has 1 aromatic carbocycles. The molecule has 0 aliphatic carbocycles. The molecule has 4 N–H and O–H groups in total. The zero-order chi connectivity index (χ0) is 13.9. The minimum Gasteiger partial charge on any atom is -0.397 e. The predicted molar refractivity (Wildman–Crippen MR) is 77.2 cm³/mol. The summed E-state index contributed by atoms with van der Waals surface area (Å²) in [4.78, 5) is 11.3. The van der Waals surface area contributed by atoms with Crippen molar-refractivity contribution >= 4 is 23.0 Å². The Morgan fingerprint density at radius 3 is 3.05 bits per heavy atom. The van der Waals surface area contributed by atoms with E-state index < -0.39 is 0 Å². The summed E-state index contributed by atoms with van der Waals surface area (Å²) in [6.45, 7) is 0.559. The number of nitrogen functional groups attached to an aromatic ring is 1. The van der Waals surface area contributed by atoms with E-state index >= 15 is 0 Å². The molecule has 102 valence electrons. The maximum atomic E-state index is 11.3. The molecule has 0 spiro atoms. The molecule has 0 radical (unpaired) electrons. The van der Waals surface area contributed by atoms with E-state index in [0.29, 0.717) is 18.7 Å². The lowest BCUT2D eigenvalue weighted by atomic mass is 10.0. The van der Waals surface area contributed by atoms with Gasteiger partial charge in [0.05, 0.1) is 23.6 Å². The van der Waals surface area contributed by atoms with E-state index in [-0.39, 0.29) is 5.91 Å². The number of rotatable bonds is 3. The highest BCUT2D eigenvalue weighted by atomic mass is 16.1. The number of carbonyl (C=O) groups excluding carboxylic acids is 1. The van der Waals surface area contributed by atoms with Crippen LogP contribution in [0.4, 0.5) is 17.1 Å². The van der Waals surface area contributed by atoms with Gasteiger partial charge in [-0.05, 0) is 36.2 Å². The molecular weight excluding hydrogens is 254 g/mol. The van der Waals surface area contributed by atoms with Gasteiger partial charge in [-0.15, -0.1) is 0 Å². The minimum atomic E-state index is 0.0390. The minimum absolute atomic E-state index is 0.0390. The van der Waals surface area contributed by atoms with Gasteiger partial charge in [0, 0.05) is 18.3 Å². The predicted octanol–water partition coefficient (Wildman–Crippen LogP) is 1.56. The van der Waals surface area contributed by atoms with Gasteiger partial charge in [-0.3, -0.25) is 4.79 Å². The second-order valence-electron chi connectivity index (χ2n) is 4.71. The second kappa shape index (κ2) is 5.16. The monoisotopic (exact) mass is 269 g/mol. The van der Waals surface area contributed by atoms with Gasteiger partial charge < -0.3 is 16.4 Å². The zero-order valence-electron chi connectivity index (χ0n) is 10.9. The summed E-state index contributed by atoms with van der Waals surface area (Å²) in [5.41, 5.74) is 10.2. The third kappa shape index (κ3) is 2.54. The van der Waals surface area contributed by atoms with Crippen molar-refractivity contribution in [2.45, 2.75) is 19.4 Å². The summed E-state index contributed by atoms with van der Waals surface area (Å²) in [6, 6.07) is 7.52. The SMILES string of the molecule is Nc1cc2c(cc1NCc1cccnn1)CCC(=O)N2. The van der Waals surface area contributed by atoms with E-state index in [1.54, 1.807) is 12.3 Å². The number of fused-ring (bicyclic) bond motifs is 1. The fourth-order valence-corrected chi connectivity index (χ4v) is 2.21. The number of amides is 1. The number of benzene rings is 1. The van der Waals surface area contributed by atoms with E-state index in [2.05, 4.69) is 20.8 Å². The molecule has 1 aliphatic rings. The lowest BCUT2D eigenvalue weighted by molar-refractivity contribution is -0.116. The summed E-state index contributed by atoms with van der Waals surface area (Å²) in [6.07, 6.45) is 2.89. The third-order valence-electron chi connectivity index (χ3n) is 3.26. The van der Waals surface area contributed by atoms with E-state index in [4.69, 9.17) is 5.73 Å². The molecule has 20 heavy (non-hydrogen) atoms. The van der Waals surface area contributed by atoms with Gasteiger partial charge in [0.15, 0.2) is 0 Å². The molecule has 0 saturated carbocycles. The quantitative estimate of drug-likeness (QED) is 0.735. The van der Waals surface area contributed by atoms with Gasteiger partial charge in [-0.1, -0.05) is 0 Å². The van der Waals surface area contributed by atoms with Gasteiger partial charge in [-0.2, -0.15) is 10.2 Å². The van der Waals surface area contributed by atoms with Gasteiger partial charge in [0.1, 0.15) is 0 Å². The van der Waals surface area contributed by atoms with E-state index in [1.807, 2.05) is 18.2 Å². The number of hydrogen-bond donors (Lipinski definition) is 3. The number of nitrogens with one attached hydrogen (secondary N) is 2. The highest BCUT2D eigenvalue weighted by Crippen LogP contribution is 2.31. The average molecular weight is 269 g/mol. The van der Waals surface area contributed by atoms with Crippen LogP contribution in [0.25, 0.3) is 0 Å². The third-order valence-corrected chi connectivity index (χ3v) is 3.26. The topological polar surface area (TPSA) is 92.9 Å². The van der Waals surface area contributed by atoms with E-state index in [0.717, 1.165) is 29.1 Å². The number of aryl methyl sites for hydroxylation is 1. The molecule has 1 amide bonds. The molecule has 1 aromatic heterocycles. The number of nitrogens with two attached hydrogens (primary N) is 1. The molecule has 6 nitrogen and oxygen atoms in total. The fourth-order valence-electron chi connectivity index (χ4n) is 2.21. The number of hydrogen-bond acceptors (Lipinski definition) is 5. The van der Waals surface area contributed by atoms with Gasteiger partial charge >= 0.3 is 0 Å². The molecule has 2 aromatic rings. The van der Waals surface area contributed by atoms with Crippen LogP contribution < -0.4 is 16.4 Å². The van der Waals surface area contributed by atoms with Crippen molar-refractivity contribution < 1.29 is 4.79 Å². The standard InChI is InChI=1S/C14H15N5O/c15-11-7-12-9(3-4-14(20)18-12)6-13(11)16-8-10-2-1-5-17-19-10/h1-2,5-7,16H,3-4,8,15H2,(H,18,20). The van der Waals surface area contributed by atoms with Crippen molar-refractivity contribution in [3.63, 3.8) is 0 Å². The van der Waals surface area contributed by atoms with Crippen molar-refractivity contribution in [2.75, 3.05) is 16.4 Å². The van der Waals surface area contributed by atoms with Crippen LogP contribution >= 0.6 is 0 Å². The molecule has 0 fully saturated rings. The number of aromatic nitrogens is 2. The zero-order valence-corrected chi connectivity index (χ0v) is 10.9. The molecular formula is C14H15N5O. The lowest BCUT2D eigenvalue weighted by Crippen LogP contribution is -2.19. The van der Waals surface area contributed by atoms with Gasteiger partial charge in [0.25, 0.3) is 0 Å². The Hall–Kier alpha value is -2.63. The first-order chi connectivity index (χ1) is 9.72. The molecule has 3 rings (SSSR count). The first-order valence-corrected chi connectivity index (χ1v) is 6.45. The summed E-state index contributed by atoms with van der Waals surface area (Å²) < 4.78 is 0. The van der Waals surface area contributed by atoms with Crippen LogP contribution in [0.3, 0.4) is 0 Å². The molecule has 0 atom stereocenters. The molecule has 2 heterocycles. The number of nitrogens with zero attached hydrogens (tertiary/aromatic N) is 2. The van der Waals surface area contributed by atoms with Gasteiger partial charge in [0.2, 0.25) is 5.91 Å². The van der Waals surface area contributed by atoms with Crippen LogP contribution in [-0.2, 0) is 17.8 Å². The van der Waals surface area contributed by atoms with Crippen molar-refractivity contribution in [1.82, 2.24) is 10.2 Å². The number of anilines is 3. The Kier molecular flexibility index (Phi) is 3.20. The Labute approximate surface area is 116 Å². The summed E-state index contributed by atoms with van der Waals surface area (Å²) >= 11 is 0. The maximum Gasteiger partial charge on any atom is 0.224 e. The average Bonchev–Trinajstić information content (AvgIpc) is 2.46. The molecule has 0 saturated heterocycles. The summed E-state index contributed by atoms with van der Waals surface area (Å²) in [5.74, 6) is 0.0390. The number of carbonyl (C=O) groups is 1. The van der Waals surface area contributed by atoms with Crippen LogP contribution in [0.5, 0.6) is 0 Å². The molecule has 1 aliphatic heterocycles. The Balaban J connectivity index is 1.79. The molecule has 0 bridgehead atoms. The van der Waals surface area contributed by atoms with Crippen molar-refractivity contribution in [3.05, 3.63) is 41.7 Å². The second-order valence-corrected chi connectivity index (χ2v) is 4.71. The Bertz CT molecular complexity index is 642.